The average molecular weight is 393 g/mol. The highest BCUT2D eigenvalue weighted by Gasteiger charge is 2.44. The van der Waals surface area contributed by atoms with E-state index in [9.17, 15) is 14.7 Å². The number of carbonyl (C=O) groups is 2. The number of nitrogens with two attached hydrogens (primary N) is 1. The summed E-state index contributed by atoms with van der Waals surface area (Å²) in [5.41, 5.74) is 8.33. The lowest BCUT2D eigenvalue weighted by Crippen LogP contribution is -2.56. The fraction of sp³-hybridized carbons (Fsp3) is 0.333. The van der Waals surface area contributed by atoms with Gasteiger partial charge in [0.2, 0.25) is 5.54 Å². The number of fused-ring (bicyclic) bond motifs is 3. The predicted molar refractivity (Wildman–Crippen MR) is 113 cm³/mol. The first-order chi connectivity index (χ1) is 14.0. The van der Waals surface area contributed by atoms with Gasteiger partial charge >= 0.3 is 11.9 Å². The van der Waals surface area contributed by atoms with Crippen LogP contribution in [-0.4, -0.2) is 29.2 Å². The highest BCUT2D eigenvalue weighted by Crippen LogP contribution is 2.44. The monoisotopic (exact) mass is 393 g/mol. The fourth-order valence-corrected chi connectivity index (χ4v) is 3.89. The van der Waals surface area contributed by atoms with Crippen molar-refractivity contribution in [1.29, 1.82) is 0 Å². The van der Waals surface area contributed by atoms with E-state index in [0.717, 1.165) is 41.5 Å². The van der Waals surface area contributed by atoms with Gasteiger partial charge in [-0.25, -0.2) is 9.59 Å². The average Bonchev–Trinajstić information content (AvgIpc) is 3.05. The maximum absolute atomic E-state index is 12.7. The molecule has 0 radical (unpaired) electrons. The van der Waals surface area contributed by atoms with Gasteiger partial charge in [0, 0.05) is 5.92 Å². The third-order valence-electron chi connectivity index (χ3n) is 5.57. The number of allylic oxidation sites excluding steroid dienone is 1. The molecule has 152 valence electrons. The van der Waals surface area contributed by atoms with Crippen molar-refractivity contribution in [3.05, 3.63) is 72.3 Å². The van der Waals surface area contributed by atoms with Crippen molar-refractivity contribution in [2.75, 3.05) is 6.61 Å². The van der Waals surface area contributed by atoms with Crippen LogP contribution in [0.3, 0.4) is 0 Å². The second-order valence-electron chi connectivity index (χ2n) is 7.49. The number of carboxylic acid groups (broad SMARTS) is 1. The number of hydrogen-bond donors (Lipinski definition) is 2. The summed E-state index contributed by atoms with van der Waals surface area (Å²) in [7, 11) is 0. The molecule has 3 N–H and O–H groups in total. The van der Waals surface area contributed by atoms with Gasteiger partial charge in [0.25, 0.3) is 0 Å². The number of carbonyl (C=O) groups excluding carboxylic acids is 1. The number of rotatable bonds is 10. The molecule has 0 unspecified atom stereocenters. The molecule has 0 aliphatic heterocycles. The normalized spacial score (nSPS) is 14.5. The van der Waals surface area contributed by atoms with E-state index in [-0.39, 0.29) is 18.9 Å². The van der Waals surface area contributed by atoms with Crippen LogP contribution in [-0.2, 0) is 14.3 Å². The van der Waals surface area contributed by atoms with E-state index in [4.69, 9.17) is 10.5 Å². The van der Waals surface area contributed by atoms with Crippen molar-refractivity contribution in [2.24, 2.45) is 5.73 Å². The van der Waals surface area contributed by atoms with E-state index in [1.165, 1.54) is 0 Å². The summed E-state index contributed by atoms with van der Waals surface area (Å²) in [6.07, 6.45) is 4.95. The molecule has 5 heteroatoms. The van der Waals surface area contributed by atoms with E-state index in [1.54, 1.807) is 0 Å². The van der Waals surface area contributed by atoms with Crippen molar-refractivity contribution < 1.29 is 19.4 Å². The zero-order chi connectivity index (χ0) is 20.9. The van der Waals surface area contributed by atoms with Crippen LogP contribution in [0.1, 0.15) is 49.1 Å². The minimum atomic E-state index is -2.02. The summed E-state index contributed by atoms with van der Waals surface area (Å²) < 4.78 is 5.48. The Kier molecular flexibility index (Phi) is 6.49. The minimum absolute atomic E-state index is 0.0517. The Hall–Kier alpha value is -2.92. The summed E-state index contributed by atoms with van der Waals surface area (Å²) in [4.78, 5) is 24.4. The molecule has 1 atom stereocenters. The summed E-state index contributed by atoms with van der Waals surface area (Å²) in [6.45, 7) is 3.73. The largest absolute Gasteiger partial charge is 0.479 e. The first-order valence-corrected chi connectivity index (χ1v) is 9.97. The number of unbranched alkanes of at least 4 members (excludes halogenated alkanes) is 3. The molecule has 0 amide bonds. The quantitative estimate of drug-likeness (QED) is 0.272. The van der Waals surface area contributed by atoms with Crippen molar-refractivity contribution in [3.63, 3.8) is 0 Å². The van der Waals surface area contributed by atoms with Crippen LogP contribution in [0.2, 0.25) is 0 Å². The van der Waals surface area contributed by atoms with Crippen molar-refractivity contribution in [1.82, 2.24) is 0 Å². The summed E-state index contributed by atoms with van der Waals surface area (Å²) in [5, 5.41) is 9.57. The highest BCUT2D eigenvalue weighted by molar-refractivity contribution is 6.03. The molecule has 1 aliphatic carbocycles. The van der Waals surface area contributed by atoms with Crippen LogP contribution >= 0.6 is 0 Å². The van der Waals surface area contributed by atoms with Gasteiger partial charge in [-0.05, 0) is 41.5 Å². The van der Waals surface area contributed by atoms with Crippen molar-refractivity contribution >= 4 is 11.9 Å². The molecule has 2 aromatic rings. The number of ether oxygens (including phenoxy) is 1. The lowest BCUT2D eigenvalue weighted by Gasteiger charge is -2.24. The summed E-state index contributed by atoms with van der Waals surface area (Å²) >= 11 is 0. The Balaban J connectivity index is 1.70. The molecule has 0 spiro atoms. The molecule has 29 heavy (non-hydrogen) atoms. The number of hydrogen-bond acceptors (Lipinski definition) is 4. The third-order valence-corrected chi connectivity index (χ3v) is 5.57. The van der Waals surface area contributed by atoms with Gasteiger partial charge in [-0.15, -0.1) is 6.58 Å². The van der Waals surface area contributed by atoms with E-state index < -0.39 is 17.5 Å². The zero-order valence-electron chi connectivity index (χ0n) is 16.5. The second-order valence-corrected chi connectivity index (χ2v) is 7.49. The zero-order valence-corrected chi connectivity index (χ0v) is 16.5. The van der Waals surface area contributed by atoms with E-state index in [1.807, 2.05) is 54.6 Å². The van der Waals surface area contributed by atoms with Crippen molar-refractivity contribution in [2.45, 2.75) is 43.6 Å². The number of esters is 1. The van der Waals surface area contributed by atoms with Gasteiger partial charge in [-0.2, -0.15) is 0 Å². The standard InChI is InChI=1S/C24H27NO4/c1-2-3-4-5-10-15-24(25,22(26)27)23(28)29-16-21-19-13-8-6-11-17(19)18-12-7-9-14-20(18)21/h2,6-9,11-14,21H,1,3-5,10,15-16,25H2,(H,26,27)/t24-/m0/s1. The maximum atomic E-state index is 12.7. The predicted octanol–water partition coefficient (Wildman–Crippen LogP) is 4.26. The molecular formula is C24H27NO4. The van der Waals surface area contributed by atoms with Gasteiger partial charge in [-0.3, -0.25) is 0 Å². The smallest absolute Gasteiger partial charge is 0.337 e. The minimum Gasteiger partial charge on any atom is -0.479 e. The van der Waals surface area contributed by atoms with E-state index in [0.29, 0.717) is 6.42 Å². The van der Waals surface area contributed by atoms with Crippen molar-refractivity contribution in [3.8, 4) is 11.1 Å². The third kappa shape index (κ3) is 4.25. The van der Waals surface area contributed by atoms with Crippen LogP contribution in [0, 0.1) is 0 Å². The molecule has 0 saturated carbocycles. The van der Waals surface area contributed by atoms with Gasteiger partial charge in [0.05, 0.1) is 0 Å². The Morgan fingerprint density at radius 3 is 2.17 bits per heavy atom. The molecule has 0 fully saturated rings. The van der Waals surface area contributed by atoms with Crippen LogP contribution < -0.4 is 5.73 Å². The lowest BCUT2D eigenvalue weighted by atomic mass is 9.93. The van der Waals surface area contributed by atoms with Crippen LogP contribution in [0.15, 0.2) is 61.2 Å². The number of carboxylic acids is 1. The van der Waals surface area contributed by atoms with Gasteiger partial charge in [0.15, 0.2) is 0 Å². The molecule has 3 rings (SSSR count). The Morgan fingerprint density at radius 1 is 1.03 bits per heavy atom. The number of aliphatic carboxylic acids is 1. The van der Waals surface area contributed by atoms with E-state index >= 15 is 0 Å². The van der Waals surface area contributed by atoms with E-state index in [2.05, 4.69) is 6.58 Å². The maximum Gasteiger partial charge on any atom is 0.337 e. The molecular weight excluding hydrogens is 366 g/mol. The lowest BCUT2D eigenvalue weighted by molar-refractivity contribution is -0.161. The summed E-state index contributed by atoms with van der Waals surface area (Å²) in [5.74, 6) is -2.36. The highest BCUT2D eigenvalue weighted by atomic mass is 16.5. The van der Waals surface area contributed by atoms with Crippen LogP contribution in [0.4, 0.5) is 0 Å². The number of benzene rings is 2. The van der Waals surface area contributed by atoms with Gasteiger partial charge < -0.3 is 15.6 Å². The molecule has 0 aromatic heterocycles. The Morgan fingerprint density at radius 2 is 1.62 bits per heavy atom. The van der Waals surface area contributed by atoms with Crippen LogP contribution in [0.25, 0.3) is 11.1 Å². The SMILES string of the molecule is C=CCCCCC[C@](N)(C(=O)O)C(=O)OCC1c2ccccc2-c2ccccc21. The van der Waals surface area contributed by atoms with Gasteiger partial charge in [-0.1, -0.05) is 67.4 Å². The molecule has 5 nitrogen and oxygen atoms in total. The Labute approximate surface area is 171 Å². The first kappa shape index (κ1) is 20.8. The molecule has 1 aliphatic rings. The molecule has 0 saturated heterocycles. The molecule has 0 bridgehead atoms. The Bertz CT molecular complexity index is 862. The second kappa shape index (κ2) is 9.05. The summed E-state index contributed by atoms with van der Waals surface area (Å²) in [6, 6.07) is 16.0. The topological polar surface area (TPSA) is 89.6 Å². The van der Waals surface area contributed by atoms with Crippen LogP contribution in [0.5, 0.6) is 0 Å². The molecule has 0 heterocycles. The first-order valence-electron chi connectivity index (χ1n) is 9.97. The van der Waals surface area contributed by atoms with Gasteiger partial charge in [0.1, 0.15) is 6.61 Å². The molecule has 2 aromatic carbocycles. The fourth-order valence-electron chi connectivity index (χ4n) is 3.89.